The summed E-state index contributed by atoms with van der Waals surface area (Å²) in [6.07, 6.45) is 7.05. The molecule has 0 unspecified atom stereocenters. The van der Waals surface area contributed by atoms with Gasteiger partial charge in [0, 0.05) is 42.6 Å². The lowest BCUT2D eigenvalue weighted by Gasteiger charge is -2.37. The van der Waals surface area contributed by atoms with Gasteiger partial charge in [-0.25, -0.2) is 4.98 Å². The second kappa shape index (κ2) is 6.31. The van der Waals surface area contributed by atoms with Crippen LogP contribution < -0.4 is 0 Å². The molecule has 8 nitrogen and oxygen atoms in total. The Morgan fingerprint density at radius 2 is 2.15 bits per heavy atom. The normalized spacial score (nSPS) is 14.4. The molecule has 0 bridgehead atoms. The van der Waals surface area contributed by atoms with Crippen LogP contribution in [0.4, 0.5) is 0 Å². The molecule has 4 heterocycles. The minimum atomic E-state index is 0.0647. The zero-order valence-corrected chi connectivity index (χ0v) is 14.4. The molecule has 4 aromatic rings. The number of nitrogens with zero attached hydrogens (tertiary/aromatic N) is 5. The quantitative estimate of drug-likeness (QED) is 0.599. The fourth-order valence-electron chi connectivity index (χ4n) is 3.31. The van der Waals surface area contributed by atoms with Crippen LogP contribution in [-0.4, -0.2) is 49.0 Å². The molecule has 5 rings (SSSR count). The maximum Gasteiger partial charge on any atom is 0.233 e. The van der Waals surface area contributed by atoms with Crippen LogP contribution in [0.25, 0.3) is 22.4 Å². The zero-order chi connectivity index (χ0) is 18.2. The summed E-state index contributed by atoms with van der Waals surface area (Å²) in [5.74, 6) is 1.12. The van der Waals surface area contributed by atoms with E-state index >= 15 is 0 Å². The number of hydrogen-bond acceptors (Lipinski definition) is 6. The predicted octanol–water partition coefficient (Wildman–Crippen LogP) is 2.18. The van der Waals surface area contributed by atoms with Gasteiger partial charge in [-0.3, -0.25) is 9.78 Å². The Balaban J connectivity index is 1.23. The highest BCUT2D eigenvalue weighted by Crippen LogP contribution is 2.28. The fraction of sp³-hybridized carbons (Fsp3) is 0.211. The molecule has 1 aliphatic heterocycles. The number of aromatic amines is 1. The van der Waals surface area contributed by atoms with Crippen molar-refractivity contribution in [1.82, 2.24) is 30.0 Å². The van der Waals surface area contributed by atoms with Gasteiger partial charge in [-0.15, -0.1) is 0 Å². The highest BCUT2D eigenvalue weighted by molar-refractivity contribution is 5.89. The van der Waals surface area contributed by atoms with Crippen molar-refractivity contribution in [3.63, 3.8) is 0 Å². The first-order valence-electron chi connectivity index (χ1n) is 8.70. The number of amides is 1. The molecule has 1 N–H and O–H groups in total. The molecule has 0 spiro atoms. The lowest BCUT2D eigenvalue weighted by molar-refractivity contribution is -0.135. The Bertz CT molecular complexity index is 1100. The molecule has 8 heteroatoms. The van der Waals surface area contributed by atoms with Gasteiger partial charge in [0.05, 0.1) is 18.5 Å². The van der Waals surface area contributed by atoms with Gasteiger partial charge in [0.25, 0.3) is 0 Å². The summed E-state index contributed by atoms with van der Waals surface area (Å²) in [5.41, 5.74) is 2.63. The molecule has 0 atom stereocenters. The molecule has 27 heavy (non-hydrogen) atoms. The number of carbonyl (C=O) groups excluding carboxylic acids is 1. The third-order valence-corrected chi connectivity index (χ3v) is 4.83. The van der Waals surface area contributed by atoms with E-state index in [0.717, 1.165) is 16.5 Å². The number of benzene rings is 1. The standard InChI is InChI=1S/C19H16N6O2/c26-17(7-12-8-22-15-4-2-1-3-14(12)15)25-10-13(11-25)19-23-18(24-27-19)16-9-20-5-6-21-16/h1-6,8-9,13,22H,7,10-11H2. The van der Waals surface area contributed by atoms with Crippen molar-refractivity contribution in [3.05, 3.63) is 60.5 Å². The molecular weight excluding hydrogens is 344 g/mol. The highest BCUT2D eigenvalue weighted by Gasteiger charge is 2.35. The number of para-hydroxylation sites is 1. The van der Waals surface area contributed by atoms with E-state index in [1.165, 1.54) is 0 Å². The molecule has 1 saturated heterocycles. The molecule has 3 aromatic heterocycles. The van der Waals surface area contributed by atoms with Gasteiger partial charge in [0.1, 0.15) is 5.69 Å². The van der Waals surface area contributed by atoms with E-state index in [2.05, 4.69) is 25.1 Å². The zero-order valence-electron chi connectivity index (χ0n) is 14.4. The van der Waals surface area contributed by atoms with Gasteiger partial charge in [0.15, 0.2) is 0 Å². The van der Waals surface area contributed by atoms with Crippen molar-refractivity contribution < 1.29 is 9.32 Å². The van der Waals surface area contributed by atoms with E-state index < -0.39 is 0 Å². The first-order chi connectivity index (χ1) is 13.3. The second-order valence-corrected chi connectivity index (χ2v) is 6.58. The summed E-state index contributed by atoms with van der Waals surface area (Å²) in [4.78, 5) is 30.1. The molecular formula is C19H16N6O2. The van der Waals surface area contributed by atoms with Crippen molar-refractivity contribution in [2.45, 2.75) is 12.3 Å². The molecule has 134 valence electrons. The summed E-state index contributed by atoms with van der Waals surface area (Å²) in [6.45, 7) is 1.17. The fourth-order valence-corrected chi connectivity index (χ4v) is 3.31. The monoisotopic (exact) mass is 360 g/mol. The van der Waals surface area contributed by atoms with E-state index in [-0.39, 0.29) is 11.8 Å². The predicted molar refractivity (Wildman–Crippen MR) is 96.6 cm³/mol. The Morgan fingerprint density at radius 1 is 1.26 bits per heavy atom. The van der Waals surface area contributed by atoms with Crippen molar-refractivity contribution in [1.29, 1.82) is 0 Å². The molecule has 0 radical (unpaired) electrons. The number of H-pyrrole nitrogens is 1. The van der Waals surface area contributed by atoms with Crippen LogP contribution in [0.3, 0.4) is 0 Å². The van der Waals surface area contributed by atoms with E-state index in [1.807, 2.05) is 35.4 Å². The van der Waals surface area contributed by atoms with Crippen molar-refractivity contribution in [3.8, 4) is 11.5 Å². The van der Waals surface area contributed by atoms with Crippen LogP contribution in [0.5, 0.6) is 0 Å². The van der Waals surface area contributed by atoms with Gasteiger partial charge in [-0.1, -0.05) is 23.4 Å². The minimum Gasteiger partial charge on any atom is -0.361 e. The van der Waals surface area contributed by atoms with Crippen molar-refractivity contribution in [2.24, 2.45) is 0 Å². The van der Waals surface area contributed by atoms with Gasteiger partial charge >= 0.3 is 0 Å². The number of hydrogen-bond donors (Lipinski definition) is 1. The van der Waals surface area contributed by atoms with Crippen molar-refractivity contribution in [2.75, 3.05) is 13.1 Å². The Kier molecular flexibility index (Phi) is 3.67. The van der Waals surface area contributed by atoms with E-state index in [9.17, 15) is 4.79 Å². The van der Waals surface area contributed by atoms with Gasteiger partial charge in [-0.05, 0) is 11.6 Å². The molecule has 1 amide bonds. The number of likely N-dealkylation sites (tertiary alicyclic amines) is 1. The molecule has 1 aromatic carbocycles. The van der Waals surface area contributed by atoms with Crippen LogP contribution in [0.1, 0.15) is 17.4 Å². The lowest BCUT2D eigenvalue weighted by Crippen LogP contribution is -2.49. The topological polar surface area (TPSA) is 101 Å². The summed E-state index contributed by atoms with van der Waals surface area (Å²) in [5, 5.41) is 5.05. The third-order valence-electron chi connectivity index (χ3n) is 4.83. The van der Waals surface area contributed by atoms with Gasteiger partial charge < -0.3 is 14.4 Å². The first-order valence-corrected chi connectivity index (χ1v) is 8.70. The molecule has 1 fully saturated rings. The van der Waals surface area contributed by atoms with Crippen LogP contribution in [-0.2, 0) is 11.2 Å². The summed E-state index contributed by atoms with van der Waals surface area (Å²) in [6, 6.07) is 7.99. The largest absolute Gasteiger partial charge is 0.361 e. The average Bonchev–Trinajstić information content (AvgIpc) is 3.29. The maximum absolute atomic E-state index is 12.6. The number of rotatable bonds is 4. The van der Waals surface area contributed by atoms with Crippen LogP contribution in [0.15, 0.2) is 53.6 Å². The summed E-state index contributed by atoms with van der Waals surface area (Å²) < 4.78 is 5.34. The first kappa shape index (κ1) is 15.7. The number of carbonyl (C=O) groups is 1. The van der Waals surface area contributed by atoms with E-state index in [4.69, 9.17) is 4.52 Å². The van der Waals surface area contributed by atoms with Gasteiger partial charge in [0.2, 0.25) is 17.6 Å². The molecule has 1 aliphatic rings. The van der Waals surface area contributed by atoms with E-state index in [0.29, 0.717) is 36.9 Å². The van der Waals surface area contributed by atoms with Crippen molar-refractivity contribution >= 4 is 16.8 Å². The Labute approximate surface area is 154 Å². The van der Waals surface area contributed by atoms with Crippen LogP contribution >= 0.6 is 0 Å². The second-order valence-electron chi connectivity index (χ2n) is 6.58. The van der Waals surface area contributed by atoms with Gasteiger partial charge in [-0.2, -0.15) is 4.98 Å². The molecule has 0 aliphatic carbocycles. The third kappa shape index (κ3) is 2.84. The van der Waals surface area contributed by atoms with E-state index in [1.54, 1.807) is 18.6 Å². The average molecular weight is 360 g/mol. The number of fused-ring (bicyclic) bond motifs is 1. The summed E-state index contributed by atoms with van der Waals surface area (Å²) >= 11 is 0. The summed E-state index contributed by atoms with van der Waals surface area (Å²) in [7, 11) is 0. The maximum atomic E-state index is 12.6. The SMILES string of the molecule is O=C(Cc1c[nH]c2ccccc12)N1CC(c2nc(-c3cnccn3)no2)C1. The smallest absolute Gasteiger partial charge is 0.233 e. The highest BCUT2D eigenvalue weighted by atomic mass is 16.5. The Hall–Kier alpha value is -3.55. The molecule has 0 saturated carbocycles. The minimum absolute atomic E-state index is 0.0647. The lowest BCUT2D eigenvalue weighted by atomic mass is 9.98. The van der Waals surface area contributed by atoms with Crippen LogP contribution in [0, 0.1) is 0 Å². The number of aromatic nitrogens is 5. The van der Waals surface area contributed by atoms with Crippen LogP contribution in [0.2, 0.25) is 0 Å². The Morgan fingerprint density at radius 3 is 3.00 bits per heavy atom. The number of nitrogens with one attached hydrogen (secondary N) is 1.